The van der Waals surface area contributed by atoms with Crippen molar-refractivity contribution < 1.29 is 5.11 Å². The number of hydrogen-bond acceptors (Lipinski definition) is 5. The smallest absolute Gasteiger partial charge is 0.187 e. The first kappa shape index (κ1) is 20.4. The Morgan fingerprint density at radius 3 is 2.71 bits per heavy atom. The standard InChI is InChI=1S/C21H27Cl2N3OS/c22-17-6-3-5-16(11-17)12-21(15-27)7-4-8-25(14-21)13-18-19(23)24-20(28-18)26-9-1-2-10-26/h3,5-6,11,27H,1-2,4,7-10,12-15H2/t21-/m1/s1. The predicted octanol–water partition coefficient (Wildman–Crippen LogP) is 4.87. The summed E-state index contributed by atoms with van der Waals surface area (Å²) in [6.45, 7) is 5.06. The lowest BCUT2D eigenvalue weighted by Gasteiger charge is -2.42. The Kier molecular flexibility index (Phi) is 6.48. The maximum Gasteiger partial charge on any atom is 0.187 e. The molecule has 2 saturated heterocycles. The third-order valence-electron chi connectivity index (χ3n) is 5.93. The van der Waals surface area contributed by atoms with Crippen LogP contribution in [0.5, 0.6) is 0 Å². The minimum absolute atomic E-state index is 0.127. The van der Waals surface area contributed by atoms with Crippen LogP contribution >= 0.6 is 34.5 Å². The molecule has 2 aliphatic heterocycles. The quantitative estimate of drug-likeness (QED) is 0.696. The maximum atomic E-state index is 10.3. The molecule has 2 fully saturated rings. The molecule has 1 aromatic carbocycles. The van der Waals surface area contributed by atoms with Crippen LogP contribution in [0, 0.1) is 5.41 Å². The number of piperidine rings is 1. The first-order valence-corrected chi connectivity index (χ1v) is 11.6. The summed E-state index contributed by atoms with van der Waals surface area (Å²) in [5.74, 6) is 0. The van der Waals surface area contributed by atoms with Gasteiger partial charge in [-0.15, -0.1) is 0 Å². The van der Waals surface area contributed by atoms with Gasteiger partial charge >= 0.3 is 0 Å². The number of anilines is 1. The van der Waals surface area contributed by atoms with Crippen LogP contribution in [0.15, 0.2) is 24.3 Å². The molecule has 1 aromatic heterocycles. The molecule has 0 aliphatic carbocycles. The molecule has 0 saturated carbocycles. The van der Waals surface area contributed by atoms with Crippen molar-refractivity contribution >= 4 is 39.7 Å². The zero-order valence-corrected chi connectivity index (χ0v) is 18.4. The number of aliphatic hydroxyl groups excluding tert-OH is 1. The average molecular weight is 440 g/mol. The summed E-state index contributed by atoms with van der Waals surface area (Å²) >= 11 is 14.4. The van der Waals surface area contributed by atoms with Gasteiger partial charge in [-0.05, 0) is 56.3 Å². The van der Waals surface area contributed by atoms with Crippen LogP contribution in [0.4, 0.5) is 5.13 Å². The molecule has 3 heterocycles. The first-order valence-electron chi connectivity index (χ1n) is 10.0. The molecule has 2 aromatic rings. The van der Waals surface area contributed by atoms with Gasteiger partial charge in [0.05, 0.1) is 11.5 Å². The van der Waals surface area contributed by atoms with Crippen molar-refractivity contribution in [3.05, 3.63) is 44.9 Å². The fraction of sp³-hybridized carbons (Fsp3) is 0.571. The summed E-state index contributed by atoms with van der Waals surface area (Å²) in [6, 6.07) is 8.00. The van der Waals surface area contributed by atoms with E-state index in [9.17, 15) is 5.11 Å². The van der Waals surface area contributed by atoms with Gasteiger partial charge in [-0.1, -0.05) is 46.7 Å². The lowest BCUT2D eigenvalue weighted by Crippen LogP contribution is -2.46. The molecule has 28 heavy (non-hydrogen) atoms. The predicted molar refractivity (Wildman–Crippen MR) is 118 cm³/mol. The van der Waals surface area contributed by atoms with Gasteiger partial charge in [0.1, 0.15) is 5.15 Å². The average Bonchev–Trinajstić information content (AvgIpc) is 3.32. The van der Waals surface area contributed by atoms with E-state index in [4.69, 9.17) is 23.2 Å². The van der Waals surface area contributed by atoms with E-state index < -0.39 is 0 Å². The van der Waals surface area contributed by atoms with E-state index in [1.165, 1.54) is 18.4 Å². The number of halogens is 2. The lowest BCUT2D eigenvalue weighted by atomic mass is 9.75. The van der Waals surface area contributed by atoms with Crippen molar-refractivity contribution in [1.29, 1.82) is 0 Å². The Bertz CT molecular complexity index is 809. The molecule has 0 unspecified atom stereocenters. The van der Waals surface area contributed by atoms with Crippen LogP contribution < -0.4 is 4.90 Å². The minimum atomic E-state index is -0.127. The van der Waals surface area contributed by atoms with E-state index in [1.54, 1.807) is 11.3 Å². The maximum absolute atomic E-state index is 10.3. The number of benzene rings is 1. The van der Waals surface area contributed by atoms with Crippen LogP contribution in [0.1, 0.15) is 36.1 Å². The van der Waals surface area contributed by atoms with E-state index >= 15 is 0 Å². The van der Waals surface area contributed by atoms with Gasteiger partial charge in [-0.3, -0.25) is 4.90 Å². The minimum Gasteiger partial charge on any atom is -0.396 e. The van der Waals surface area contributed by atoms with Gasteiger partial charge in [0, 0.05) is 36.6 Å². The third-order valence-corrected chi connectivity index (χ3v) is 7.69. The molecule has 2 aliphatic rings. The molecule has 4 nitrogen and oxygen atoms in total. The molecular weight excluding hydrogens is 413 g/mol. The van der Waals surface area contributed by atoms with E-state index in [0.29, 0.717) is 5.15 Å². The summed E-state index contributed by atoms with van der Waals surface area (Å²) in [4.78, 5) is 10.5. The molecular formula is C21H27Cl2N3OS. The van der Waals surface area contributed by atoms with Gasteiger partial charge in [0.25, 0.3) is 0 Å². The largest absolute Gasteiger partial charge is 0.396 e. The highest BCUT2D eigenvalue weighted by Crippen LogP contribution is 2.37. The highest BCUT2D eigenvalue weighted by Gasteiger charge is 2.35. The monoisotopic (exact) mass is 439 g/mol. The van der Waals surface area contributed by atoms with Crippen molar-refractivity contribution in [3.8, 4) is 0 Å². The summed E-state index contributed by atoms with van der Waals surface area (Å²) in [5.41, 5.74) is 1.06. The molecule has 152 valence electrons. The van der Waals surface area contributed by atoms with Gasteiger partial charge < -0.3 is 10.0 Å². The number of aromatic nitrogens is 1. The Balaban J connectivity index is 1.45. The van der Waals surface area contributed by atoms with Crippen molar-refractivity contribution in [3.63, 3.8) is 0 Å². The molecule has 0 bridgehead atoms. The molecule has 4 rings (SSSR count). The van der Waals surface area contributed by atoms with E-state index in [2.05, 4.69) is 20.9 Å². The SMILES string of the molecule is OC[C@@]1(Cc2cccc(Cl)c2)CCCN(Cc2sc(N3CCCC3)nc2Cl)C1. The summed E-state index contributed by atoms with van der Waals surface area (Å²) in [5, 5.41) is 12.7. The fourth-order valence-electron chi connectivity index (χ4n) is 4.52. The van der Waals surface area contributed by atoms with Gasteiger partial charge in [-0.25, -0.2) is 4.98 Å². The topological polar surface area (TPSA) is 39.6 Å². The number of nitrogens with zero attached hydrogens (tertiary/aromatic N) is 3. The van der Waals surface area contributed by atoms with Crippen LogP contribution in [-0.2, 0) is 13.0 Å². The summed E-state index contributed by atoms with van der Waals surface area (Å²) in [6.07, 6.45) is 5.43. The first-order chi connectivity index (χ1) is 13.6. The number of aliphatic hydroxyl groups is 1. The lowest BCUT2D eigenvalue weighted by molar-refractivity contribution is 0.0293. The molecule has 0 radical (unpaired) electrons. The van der Waals surface area contributed by atoms with Gasteiger partial charge in [-0.2, -0.15) is 0 Å². The van der Waals surface area contributed by atoms with Crippen molar-refractivity contribution in [2.45, 2.75) is 38.6 Å². The number of likely N-dealkylation sites (tertiary alicyclic amines) is 1. The van der Waals surface area contributed by atoms with Crippen molar-refractivity contribution in [1.82, 2.24) is 9.88 Å². The van der Waals surface area contributed by atoms with Gasteiger partial charge in [0.2, 0.25) is 0 Å². The normalized spacial score (nSPS) is 23.5. The highest BCUT2D eigenvalue weighted by molar-refractivity contribution is 7.16. The molecule has 7 heteroatoms. The second kappa shape index (κ2) is 8.88. The van der Waals surface area contributed by atoms with Crippen molar-refractivity contribution in [2.75, 3.05) is 37.7 Å². The van der Waals surface area contributed by atoms with Crippen LogP contribution in [-0.4, -0.2) is 47.8 Å². The molecule has 0 spiro atoms. The van der Waals surface area contributed by atoms with Crippen molar-refractivity contribution in [2.24, 2.45) is 5.41 Å². The zero-order valence-electron chi connectivity index (χ0n) is 16.0. The van der Waals surface area contributed by atoms with E-state index in [1.807, 2.05) is 18.2 Å². The zero-order chi connectivity index (χ0) is 19.6. The summed E-state index contributed by atoms with van der Waals surface area (Å²) < 4.78 is 0. The Morgan fingerprint density at radius 2 is 1.96 bits per heavy atom. The molecule has 0 amide bonds. The second-order valence-electron chi connectivity index (χ2n) is 8.18. The molecule has 1 atom stereocenters. The highest BCUT2D eigenvalue weighted by atomic mass is 35.5. The van der Waals surface area contributed by atoms with Crippen LogP contribution in [0.25, 0.3) is 0 Å². The van der Waals surface area contributed by atoms with Crippen LogP contribution in [0.3, 0.4) is 0 Å². The Hall–Kier alpha value is -0.850. The molecule has 1 N–H and O–H groups in total. The fourth-order valence-corrected chi connectivity index (χ4v) is 6.08. The number of thiazole rings is 1. The van der Waals surface area contributed by atoms with Gasteiger partial charge in [0.15, 0.2) is 5.13 Å². The van der Waals surface area contributed by atoms with E-state index in [0.717, 1.165) is 67.0 Å². The second-order valence-corrected chi connectivity index (χ2v) is 10.0. The Morgan fingerprint density at radius 1 is 1.14 bits per heavy atom. The van der Waals surface area contributed by atoms with Crippen LogP contribution in [0.2, 0.25) is 10.2 Å². The number of hydrogen-bond donors (Lipinski definition) is 1. The number of rotatable bonds is 6. The Labute approximate surface area is 181 Å². The van der Waals surface area contributed by atoms with E-state index in [-0.39, 0.29) is 12.0 Å². The summed E-state index contributed by atoms with van der Waals surface area (Å²) in [7, 11) is 0. The third kappa shape index (κ3) is 4.65.